The first-order chi connectivity index (χ1) is 23.5. The molecule has 16 heteroatoms. The lowest BCUT2D eigenvalue weighted by Crippen LogP contribution is -2.40. The Morgan fingerprint density at radius 2 is 1.76 bits per heavy atom. The Balaban J connectivity index is 1.48. The van der Waals surface area contributed by atoms with Crippen molar-refractivity contribution < 1.29 is 43.1 Å². The molecule has 3 aromatic heterocycles. The fourth-order valence-electron chi connectivity index (χ4n) is 5.40. The quantitative estimate of drug-likeness (QED) is 0.195. The van der Waals surface area contributed by atoms with E-state index in [9.17, 15) is 14.7 Å². The van der Waals surface area contributed by atoms with Gasteiger partial charge >= 0.3 is 12.2 Å². The van der Waals surface area contributed by atoms with E-state index in [2.05, 4.69) is 20.1 Å². The summed E-state index contributed by atoms with van der Waals surface area (Å²) in [6.07, 6.45) is -0.186. The van der Waals surface area contributed by atoms with E-state index in [0.717, 1.165) is 5.69 Å². The van der Waals surface area contributed by atoms with Crippen molar-refractivity contribution in [2.45, 2.75) is 51.5 Å². The van der Waals surface area contributed by atoms with Gasteiger partial charge in [-0.25, -0.2) is 14.6 Å². The van der Waals surface area contributed by atoms with E-state index < -0.39 is 24.1 Å². The number of amides is 2. The first kappa shape index (κ1) is 35.3. The summed E-state index contributed by atoms with van der Waals surface area (Å²) in [5.74, 6) is 0.779. The van der Waals surface area contributed by atoms with E-state index in [0.29, 0.717) is 59.2 Å². The molecule has 1 aliphatic rings. The van der Waals surface area contributed by atoms with Gasteiger partial charge < -0.3 is 38.4 Å². The lowest BCUT2D eigenvalue weighted by Gasteiger charge is -2.34. The molecule has 0 aliphatic carbocycles. The van der Waals surface area contributed by atoms with E-state index >= 15 is 0 Å². The second-order valence-electron chi connectivity index (χ2n) is 12.2. The molecule has 0 unspecified atom stereocenters. The number of aromatic nitrogens is 5. The Bertz CT molecular complexity index is 1750. The zero-order chi connectivity index (χ0) is 35.1. The predicted octanol–water partition coefficient (Wildman–Crippen LogP) is 5.13. The summed E-state index contributed by atoms with van der Waals surface area (Å²) in [7, 11) is 4.61. The van der Waals surface area contributed by atoms with Crippen LogP contribution < -0.4 is 19.3 Å². The molecule has 0 radical (unpaired) electrons. The van der Waals surface area contributed by atoms with E-state index in [1.165, 1.54) is 21.3 Å². The molecule has 0 atom stereocenters. The normalized spacial score (nSPS) is 13.9. The number of pyridine rings is 1. The largest absolute Gasteiger partial charge is 0.472 e. The van der Waals surface area contributed by atoms with Crippen molar-refractivity contribution in [2.24, 2.45) is 0 Å². The van der Waals surface area contributed by atoms with Gasteiger partial charge in [-0.1, -0.05) is 12.1 Å². The highest BCUT2D eigenvalue weighted by Crippen LogP contribution is 2.36. The fourth-order valence-corrected chi connectivity index (χ4v) is 5.40. The minimum absolute atomic E-state index is 0.0305. The Kier molecular flexibility index (Phi) is 11.1. The van der Waals surface area contributed by atoms with Crippen molar-refractivity contribution in [1.29, 1.82) is 0 Å². The van der Waals surface area contributed by atoms with Crippen molar-refractivity contribution in [3.8, 4) is 22.9 Å². The molecule has 1 aliphatic heterocycles. The van der Waals surface area contributed by atoms with E-state index in [-0.39, 0.29) is 30.8 Å². The van der Waals surface area contributed by atoms with Crippen LogP contribution in [0.5, 0.6) is 11.6 Å². The molecule has 2 amide bonds. The highest BCUT2D eigenvalue weighted by Gasteiger charge is 2.35. The van der Waals surface area contributed by atoms with Crippen molar-refractivity contribution in [3.05, 3.63) is 48.7 Å². The molecule has 1 fully saturated rings. The van der Waals surface area contributed by atoms with Crippen LogP contribution in [0.15, 0.2) is 48.7 Å². The third-order valence-corrected chi connectivity index (χ3v) is 7.70. The SMILES string of the molecule is COCOc1ccccc1-c1cc2c(nn1)c(N(C(=O)O)C(=O)OC(C)(C)C)nn2C1CCN(c2ccnc(OCC(OC)OC)c2)CC1. The topological polar surface area (TPSA) is 173 Å². The number of nitrogens with zero attached hydrogens (tertiary/aromatic N) is 7. The van der Waals surface area contributed by atoms with Gasteiger partial charge in [0.25, 0.3) is 0 Å². The maximum absolute atomic E-state index is 13.2. The standard InChI is InChI=1S/C33H41N7O9/c1-33(2,3)49-32(43)39(31(41)42)30-29-25(18-24(35-36-29)23-9-7-8-10-26(23)48-20-44-4)40(37-30)21-12-15-38(16-13-21)22-11-14-34-27(17-22)47-19-28(45-5)46-6/h7-11,14,17-18,21,28H,12-13,15-16,19-20H2,1-6H3,(H,41,42). The lowest BCUT2D eigenvalue weighted by molar-refractivity contribution is -0.122. The number of ether oxygens (including phenoxy) is 6. The molecule has 0 saturated carbocycles. The van der Waals surface area contributed by atoms with Crippen LogP contribution in [0.2, 0.25) is 0 Å². The second kappa shape index (κ2) is 15.4. The molecule has 49 heavy (non-hydrogen) atoms. The predicted molar refractivity (Wildman–Crippen MR) is 178 cm³/mol. The second-order valence-corrected chi connectivity index (χ2v) is 12.2. The number of piperidine rings is 1. The summed E-state index contributed by atoms with van der Waals surface area (Å²) in [5, 5.41) is 23.7. The number of carbonyl (C=O) groups is 2. The van der Waals surface area contributed by atoms with E-state index in [1.54, 1.807) is 43.8 Å². The van der Waals surface area contributed by atoms with Gasteiger partial charge in [0, 0.05) is 57.9 Å². The maximum atomic E-state index is 13.2. The van der Waals surface area contributed by atoms with E-state index in [4.69, 9.17) is 33.5 Å². The third kappa shape index (κ3) is 8.33. The molecule has 4 heterocycles. The molecular formula is C33H41N7O9. The van der Waals surface area contributed by atoms with E-state index in [1.807, 2.05) is 30.3 Å². The minimum Gasteiger partial charge on any atom is -0.472 e. The van der Waals surface area contributed by atoms with Crippen LogP contribution >= 0.6 is 0 Å². The Labute approximate surface area is 283 Å². The van der Waals surface area contributed by atoms with Crippen molar-refractivity contribution in [1.82, 2.24) is 25.0 Å². The zero-order valence-corrected chi connectivity index (χ0v) is 28.4. The Morgan fingerprint density at radius 3 is 2.43 bits per heavy atom. The minimum atomic E-state index is -1.56. The summed E-state index contributed by atoms with van der Waals surface area (Å²) < 4.78 is 34.2. The molecule has 1 aromatic carbocycles. The molecular weight excluding hydrogens is 638 g/mol. The van der Waals surface area contributed by atoms with Gasteiger partial charge in [-0.05, 0) is 57.9 Å². The molecule has 1 saturated heterocycles. The van der Waals surface area contributed by atoms with Crippen LogP contribution in [0, 0.1) is 0 Å². The van der Waals surface area contributed by atoms with Gasteiger partial charge in [0.1, 0.15) is 18.0 Å². The smallest absolute Gasteiger partial charge is 0.425 e. The average molecular weight is 680 g/mol. The number of carboxylic acid groups (broad SMARTS) is 1. The summed E-state index contributed by atoms with van der Waals surface area (Å²) in [6.45, 7) is 6.47. The number of rotatable bonds is 12. The summed E-state index contributed by atoms with van der Waals surface area (Å²) in [4.78, 5) is 32.7. The van der Waals surface area contributed by atoms with Crippen LogP contribution in [-0.2, 0) is 18.9 Å². The molecule has 262 valence electrons. The van der Waals surface area contributed by atoms with Crippen LogP contribution in [0.25, 0.3) is 22.3 Å². The molecule has 5 rings (SSSR count). The number of imide groups is 1. The Morgan fingerprint density at radius 1 is 1.02 bits per heavy atom. The molecule has 0 bridgehead atoms. The third-order valence-electron chi connectivity index (χ3n) is 7.70. The number of para-hydroxylation sites is 1. The van der Waals surface area contributed by atoms with Crippen LogP contribution in [0.4, 0.5) is 21.1 Å². The number of anilines is 2. The zero-order valence-electron chi connectivity index (χ0n) is 28.4. The molecule has 0 spiro atoms. The number of hydrogen-bond acceptors (Lipinski definition) is 13. The van der Waals surface area contributed by atoms with Gasteiger partial charge in [-0.3, -0.25) is 4.68 Å². The molecule has 4 aromatic rings. The fraction of sp³-hybridized carbons (Fsp3) is 0.455. The van der Waals surface area contributed by atoms with Crippen LogP contribution in [0.3, 0.4) is 0 Å². The highest BCUT2D eigenvalue weighted by atomic mass is 16.7. The summed E-state index contributed by atoms with van der Waals surface area (Å²) in [5.41, 5.74) is 1.74. The molecule has 1 N–H and O–H groups in total. The molecule has 16 nitrogen and oxygen atoms in total. The first-order valence-electron chi connectivity index (χ1n) is 15.7. The highest BCUT2D eigenvalue weighted by molar-refractivity contribution is 6.12. The monoisotopic (exact) mass is 679 g/mol. The Hall–Kier alpha value is -5.06. The van der Waals surface area contributed by atoms with Gasteiger partial charge in [0.05, 0.1) is 17.3 Å². The number of benzene rings is 1. The van der Waals surface area contributed by atoms with Gasteiger partial charge in [-0.15, -0.1) is 10.2 Å². The number of hydrogen-bond donors (Lipinski definition) is 1. The van der Waals surface area contributed by atoms with Crippen molar-refractivity contribution in [2.75, 3.05) is 57.6 Å². The number of fused-ring (bicyclic) bond motifs is 1. The maximum Gasteiger partial charge on any atom is 0.425 e. The van der Waals surface area contributed by atoms with Gasteiger partial charge in [-0.2, -0.15) is 10.00 Å². The summed E-state index contributed by atoms with van der Waals surface area (Å²) >= 11 is 0. The number of carbonyl (C=O) groups excluding carboxylic acids is 1. The summed E-state index contributed by atoms with van der Waals surface area (Å²) in [6, 6.07) is 12.7. The first-order valence-corrected chi connectivity index (χ1v) is 15.7. The van der Waals surface area contributed by atoms with Gasteiger partial charge in [0.2, 0.25) is 5.88 Å². The average Bonchev–Trinajstić information content (AvgIpc) is 3.45. The lowest BCUT2D eigenvalue weighted by atomic mass is 10.0. The van der Waals surface area contributed by atoms with Crippen LogP contribution in [0.1, 0.15) is 39.7 Å². The number of methoxy groups -OCH3 is 3. The van der Waals surface area contributed by atoms with Crippen LogP contribution in [-0.4, -0.2) is 102 Å². The van der Waals surface area contributed by atoms with Crippen molar-refractivity contribution in [3.63, 3.8) is 0 Å². The van der Waals surface area contributed by atoms with Crippen molar-refractivity contribution >= 4 is 34.7 Å². The van der Waals surface area contributed by atoms with Gasteiger partial charge in [0.15, 0.2) is 24.4 Å².